The van der Waals surface area contributed by atoms with Crippen LogP contribution in [0.1, 0.15) is 38.3 Å². The van der Waals surface area contributed by atoms with Gasteiger partial charge in [0.15, 0.2) is 11.5 Å². The van der Waals surface area contributed by atoms with Crippen molar-refractivity contribution in [3.63, 3.8) is 0 Å². The summed E-state index contributed by atoms with van der Waals surface area (Å²) in [7, 11) is 1.64. The van der Waals surface area contributed by atoms with Crippen LogP contribution in [0.15, 0.2) is 42.5 Å². The summed E-state index contributed by atoms with van der Waals surface area (Å²) in [5.74, 6) is 2.30. The SMILES string of the molecule is CCC(C)(C)c1ccc(OCCOc2ccc(CCN)cc2OC)cc1. The number of hydrogen-bond acceptors (Lipinski definition) is 4. The van der Waals surface area contributed by atoms with Crippen LogP contribution in [-0.2, 0) is 11.8 Å². The second-order valence-corrected chi connectivity index (χ2v) is 6.98. The molecular formula is C22H31NO3. The highest BCUT2D eigenvalue weighted by Gasteiger charge is 2.17. The van der Waals surface area contributed by atoms with Gasteiger partial charge in [0, 0.05) is 0 Å². The van der Waals surface area contributed by atoms with E-state index in [1.165, 1.54) is 5.56 Å². The van der Waals surface area contributed by atoms with Crippen molar-refractivity contribution in [2.45, 2.75) is 39.0 Å². The first-order chi connectivity index (χ1) is 12.5. The zero-order chi connectivity index (χ0) is 19.0. The van der Waals surface area contributed by atoms with E-state index in [1.807, 2.05) is 30.3 Å². The molecule has 4 heteroatoms. The van der Waals surface area contributed by atoms with Crippen LogP contribution in [0.4, 0.5) is 0 Å². The minimum Gasteiger partial charge on any atom is -0.493 e. The summed E-state index contributed by atoms with van der Waals surface area (Å²) in [5.41, 5.74) is 8.25. The Bertz CT molecular complexity index is 680. The van der Waals surface area contributed by atoms with E-state index in [2.05, 4.69) is 32.9 Å². The molecule has 0 aliphatic carbocycles. The molecule has 2 rings (SSSR count). The molecule has 2 aromatic carbocycles. The Kier molecular flexibility index (Phi) is 7.34. The van der Waals surface area contributed by atoms with Crippen LogP contribution in [0.5, 0.6) is 17.2 Å². The molecule has 0 radical (unpaired) electrons. The molecule has 0 heterocycles. The number of hydrogen-bond donors (Lipinski definition) is 1. The van der Waals surface area contributed by atoms with Gasteiger partial charge in [-0.1, -0.05) is 39.0 Å². The van der Waals surface area contributed by atoms with Crippen LogP contribution in [0, 0.1) is 0 Å². The fourth-order valence-corrected chi connectivity index (χ4v) is 2.67. The van der Waals surface area contributed by atoms with E-state index in [0.717, 1.165) is 35.7 Å². The summed E-state index contributed by atoms with van der Waals surface area (Å²) < 4.78 is 17.0. The molecule has 142 valence electrons. The molecule has 0 amide bonds. The molecule has 0 unspecified atom stereocenters. The molecule has 0 saturated heterocycles. The maximum Gasteiger partial charge on any atom is 0.161 e. The molecular weight excluding hydrogens is 326 g/mol. The normalized spacial score (nSPS) is 11.3. The van der Waals surface area contributed by atoms with Crippen molar-refractivity contribution in [3.05, 3.63) is 53.6 Å². The third-order valence-electron chi connectivity index (χ3n) is 4.79. The third-order valence-corrected chi connectivity index (χ3v) is 4.79. The minimum absolute atomic E-state index is 0.189. The van der Waals surface area contributed by atoms with E-state index in [-0.39, 0.29) is 5.41 Å². The van der Waals surface area contributed by atoms with Crippen LogP contribution in [0.3, 0.4) is 0 Å². The van der Waals surface area contributed by atoms with Crippen molar-refractivity contribution in [1.82, 2.24) is 0 Å². The molecule has 0 aliphatic heterocycles. The number of methoxy groups -OCH3 is 1. The van der Waals surface area contributed by atoms with Gasteiger partial charge in [-0.3, -0.25) is 0 Å². The fraction of sp³-hybridized carbons (Fsp3) is 0.455. The summed E-state index contributed by atoms with van der Waals surface area (Å²) in [5, 5.41) is 0. The molecule has 0 aliphatic rings. The maximum absolute atomic E-state index is 5.80. The Balaban J connectivity index is 1.85. The first kappa shape index (κ1) is 20.1. The van der Waals surface area contributed by atoms with E-state index in [4.69, 9.17) is 19.9 Å². The van der Waals surface area contributed by atoms with Crippen molar-refractivity contribution in [2.24, 2.45) is 5.73 Å². The second-order valence-electron chi connectivity index (χ2n) is 6.98. The van der Waals surface area contributed by atoms with Gasteiger partial charge in [-0.05, 0) is 60.2 Å². The van der Waals surface area contributed by atoms with Gasteiger partial charge in [-0.2, -0.15) is 0 Å². The average molecular weight is 357 g/mol. The van der Waals surface area contributed by atoms with Crippen molar-refractivity contribution in [2.75, 3.05) is 26.9 Å². The van der Waals surface area contributed by atoms with Crippen molar-refractivity contribution in [3.8, 4) is 17.2 Å². The van der Waals surface area contributed by atoms with Crippen LogP contribution in [0.25, 0.3) is 0 Å². The molecule has 0 bridgehead atoms. The Morgan fingerprint density at radius 1 is 0.923 bits per heavy atom. The summed E-state index contributed by atoms with van der Waals surface area (Å²) >= 11 is 0. The van der Waals surface area contributed by atoms with Crippen LogP contribution in [-0.4, -0.2) is 26.9 Å². The number of benzene rings is 2. The van der Waals surface area contributed by atoms with Crippen LogP contribution >= 0.6 is 0 Å². The molecule has 2 N–H and O–H groups in total. The van der Waals surface area contributed by atoms with E-state index >= 15 is 0 Å². The number of ether oxygens (including phenoxy) is 3. The zero-order valence-corrected chi connectivity index (χ0v) is 16.4. The first-order valence-corrected chi connectivity index (χ1v) is 9.23. The molecule has 0 spiro atoms. The van der Waals surface area contributed by atoms with Crippen molar-refractivity contribution in [1.29, 1.82) is 0 Å². The van der Waals surface area contributed by atoms with Gasteiger partial charge < -0.3 is 19.9 Å². The Morgan fingerprint density at radius 3 is 2.23 bits per heavy atom. The topological polar surface area (TPSA) is 53.7 Å². The van der Waals surface area contributed by atoms with Gasteiger partial charge in [0.2, 0.25) is 0 Å². The lowest BCUT2D eigenvalue weighted by molar-refractivity contribution is 0.211. The summed E-state index contributed by atoms with van der Waals surface area (Å²) in [6.07, 6.45) is 1.93. The Hall–Kier alpha value is -2.20. The highest BCUT2D eigenvalue weighted by atomic mass is 16.5. The first-order valence-electron chi connectivity index (χ1n) is 9.23. The minimum atomic E-state index is 0.189. The zero-order valence-electron chi connectivity index (χ0n) is 16.4. The Labute approximate surface area is 157 Å². The van der Waals surface area contributed by atoms with E-state index in [1.54, 1.807) is 7.11 Å². The quantitative estimate of drug-likeness (QED) is 0.643. The predicted molar refractivity (Wildman–Crippen MR) is 107 cm³/mol. The highest BCUT2D eigenvalue weighted by Crippen LogP contribution is 2.29. The molecule has 0 aromatic heterocycles. The van der Waals surface area contributed by atoms with E-state index < -0.39 is 0 Å². The summed E-state index contributed by atoms with van der Waals surface area (Å²) in [6.45, 7) is 8.26. The van der Waals surface area contributed by atoms with E-state index in [9.17, 15) is 0 Å². The van der Waals surface area contributed by atoms with Gasteiger partial charge in [0.05, 0.1) is 7.11 Å². The van der Waals surface area contributed by atoms with Gasteiger partial charge in [-0.15, -0.1) is 0 Å². The van der Waals surface area contributed by atoms with Gasteiger partial charge in [-0.25, -0.2) is 0 Å². The maximum atomic E-state index is 5.80. The Morgan fingerprint density at radius 2 is 1.62 bits per heavy atom. The standard InChI is InChI=1S/C22H31NO3/c1-5-22(2,3)18-7-9-19(10-8-18)25-14-15-26-20-11-6-17(12-13-23)16-21(20)24-4/h6-11,16H,5,12-15,23H2,1-4H3. The lowest BCUT2D eigenvalue weighted by Crippen LogP contribution is -2.15. The predicted octanol–water partition coefficient (Wildman–Crippen LogP) is 4.34. The van der Waals surface area contributed by atoms with Crippen molar-refractivity contribution >= 4 is 0 Å². The average Bonchev–Trinajstić information content (AvgIpc) is 2.66. The van der Waals surface area contributed by atoms with Gasteiger partial charge in [0.25, 0.3) is 0 Å². The molecule has 0 saturated carbocycles. The largest absolute Gasteiger partial charge is 0.493 e. The van der Waals surface area contributed by atoms with Gasteiger partial charge >= 0.3 is 0 Å². The van der Waals surface area contributed by atoms with Crippen LogP contribution in [0.2, 0.25) is 0 Å². The lowest BCUT2D eigenvalue weighted by atomic mass is 9.82. The number of nitrogens with two attached hydrogens (primary N) is 1. The summed E-state index contributed by atoms with van der Waals surface area (Å²) in [4.78, 5) is 0. The fourth-order valence-electron chi connectivity index (χ4n) is 2.67. The second kappa shape index (κ2) is 9.48. The van der Waals surface area contributed by atoms with Crippen molar-refractivity contribution < 1.29 is 14.2 Å². The third kappa shape index (κ3) is 5.40. The lowest BCUT2D eigenvalue weighted by Gasteiger charge is -2.23. The van der Waals surface area contributed by atoms with E-state index in [0.29, 0.717) is 19.8 Å². The molecule has 0 atom stereocenters. The monoisotopic (exact) mass is 357 g/mol. The molecule has 26 heavy (non-hydrogen) atoms. The van der Waals surface area contributed by atoms with Crippen LogP contribution < -0.4 is 19.9 Å². The molecule has 4 nitrogen and oxygen atoms in total. The smallest absolute Gasteiger partial charge is 0.161 e. The summed E-state index contributed by atoms with van der Waals surface area (Å²) in [6, 6.07) is 14.2. The van der Waals surface area contributed by atoms with Gasteiger partial charge in [0.1, 0.15) is 19.0 Å². The highest BCUT2D eigenvalue weighted by molar-refractivity contribution is 5.43. The number of rotatable bonds is 10. The molecule has 0 fully saturated rings. The molecule has 2 aromatic rings.